The van der Waals surface area contributed by atoms with Crippen molar-refractivity contribution < 1.29 is 13.6 Å². The number of benzene rings is 1. The maximum absolute atomic E-state index is 12.7. The summed E-state index contributed by atoms with van der Waals surface area (Å²) >= 11 is -1.02. The molecule has 3 aromatic rings. The summed E-state index contributed by atoms with van der Waals surface area (Å²) in [5, 5.41) is 5.19. The topological polar surface area (TPSA) is 107 Å². The van der Waals surface area contributed by atoms with Crippen LogP contribution >= 0.6 is 11.3 Å². The number of urea groups is 1. The van der Waals surface area contributed by atoms with Crippen LogP contribution in [0.5, 0.6) is 0 Å². The first-order valence-electron chi connectivity index (χ1n) is 10.4. The van der Waals surface area contributed by atoms with Gasteiger partial charge in [-0.1, -0.05) is 23.5 Å². The highest BCUT2D eigenvalue weighted by Gasteiger charge is 2.24. The monoisotopic (exact) mass is 471 g/mol. The maximum Gasteiger partial charge on any atom is 0.325 e. The Morgan fingerprint density at radius 3 is 2.69 bits per heavy atom. The van der Waals surface area contributed by atoms with Crippen molar-refractivity contribution in [3.05, 3.63) is 64.9 Å². The third-order valence-corrected chi connectivity index (χ3v) is 7.28. The van der Waals surface area contributed by atoms with Crippen LogP contribution in [0.3, 0.4) is 0 Å². The minimum Gasteiger partial charge on any atom is -0.370 e. The number of aromatic nitrogens is 2. The lowest BCUT2D eigenvalue weighted by Crippen LogP contribution is -2.31. The van der Waals surface area contributed by atoms with E-state index in [-0.39, 0.29) is 0 Å². The first kappa shape index (κ1) is 22.4. The Morgan fingerprint density at radius 2 is 1.97 bits per heavy atom. The number of thiazole rings is 1. The Balaban J connectivity index is 1.48. The van der Waals surface area contributed by atoms with Gasteiger partial charge in [-0.3, -0.25) is 10.3 Å². The molecule has 1 aliphatic heterocycles. The van der Waals surface area contributed by atoms with Crippen molar-refractivity contribution in [1.82, 2.24) is 9.97 Å². The second-order valence-electron chi connectivity index (χ2n) is 7.63. The maximum atomic E-state index is 12.7. The van der Waals surface area contributed by atoms with E-state index in [2.05, 4.69) is 31.6 Å². The van der Waals surface area contributed by atoms with Crippen LogP contribution in [0.15, 0.2) is 48.8 Å². The molecule has 1 saturated heterocycles. The van der Waals surface area contributed by atoms with E-state index in [0.29, 0.717) is 15.7 Å². The van der Waals surface area contributed by atoms with Gasteiger partial charge < -0.3 is 14.8 Å². The van der Waals surface area contributed by atoms with Gasteiger partial charge in [-0.05, 0) is 56.0 Å². The number of hydrogen-bond donors (Lipinski definition) is 3. The van der Waals surface area contributed by atoms with Crippen LogP contribution in [0.1, 0.15) is 40.6 Å². The van der Waals surface area contributed by atoms with Gasteiger partial charge in [0.25, 0.3) is 0 Å². The molecular formula is C22H25N5O3S2. The average Bonchev–Trinajstić information content (AvgIpc) is 3.23. The number of anilines is 3. The fourth-order valence-electron chi connectivity index (χ4n) is 3.74. The van der Waals surface area contributed by atoms with Crippen LogP contribution in [-0.2, 0) is 11.1 Å². The van der Waals surface area contributed by atoms with E-state index in [1.165, 1.54) is 12.6 Å². The zero-order chi connectivity index (χ0) is 22.5. The van der Waals surface area contributed by atoms with E-state index in [9.17, 15) is 13.6 Å². The molecule has 0 aliphatic carbocycles. The van der Waals surface area contributed by atoms with Crippen LogP contribution < -0.4 is 15.5 Å². The van der Waals surface area contributed by atoms with Crippen LogP contribution in [0.25, 0.3) is 0 Å². The van der Waals surface area contributed by atoms with Gasteiger partial charge in [0.15, 0.2) is 16.2 Å². The first-order chi connectivity index (χ1) is 15.5. The fraction of sp³-hybridized carbons (Fsp3) is 0.318. The van der Waals surface area contributed by atoms with Crippen molar-refractivity contribution in [1.29, 1.82) is 0 Å². The molecule has 0 bridgehead atoms. The van der Waals surface area contributed by atoms with Gasteiger partial charge in [-0.2, -0.15) is 0 Å². The van der Waals surface area contributed by atoms with E-state index in [1.807, 2.05) is 19.1 Å². The Bertz CT molecular complexity index is 1100. The van der Waals surface area contributed by atoms with E-state index >= 15 is 0 Å². The number of piperidine rings is 1. The average molecular weight is 472 g/mol. The largest absolute Gasteiger partial charge is 0.370 e. The summed E-state index contributed by atoms with van der Waals surface area (Å²) in [6.07, 6.45) is 6.59. The van der Waals surface area contributed by atoms with Crippen LogP contribution in [0.2, 0.25) is 0 Å². The number of nitrogens with one attached hydrogen (secondary N) is 2. The second-order valence-corrected chi connectivity index (χ2v) is 9.71. The number of pyridine rings is 1. The van der Waals surface area contributed by atoms with E-state index in [1.54, 1.807) is 24.4 Å². The lowest BCUT2D eigenvalue weighted by Gasteiger charge is -2.30. The third kappa shape index (κ3) is 5.32. The summed E-state index contributed by atoms with van der Waals surface area (Å²) in [5.41, 5.74) is 3.37. The van der Waals surface area contributed by atoms with E-state index < -0.39 is 22.4 Å². The van der Waals surface area contributed by atoms with E-state index in [0.717, 1.165) is 54.2 Å². The zero-order valence-corrected chi connectivity index (χ0v) is 19.3. The van der Waals surface area contributed by atoms with Gasteiger partial charge in [-0.15, -0.1) is 0 Å². The van der Waals surface area contributed by atoms with Crippen molar-refractivity contribution in [2.75, 3.05) is 28.6 Å². The standard InChI is InChI=1S/C22H25N5O3S2/c1-15-8-9-16(18(13-15)27-11-5-2-6-12-27)25-21(28)26-22-24-14-19(31-22)20(32(29)30)17-7-3-4-10-23-17/h3-4,7-10,13-14,20H,2,5-6,11-12H2,1H3,(H,29,30)(H2,24,25,26,28). The highest BCUT2D eigenvalue weighted by atomic mass is 32.2. The summed E-state index contributed by atoms with van der Waals surface area (Å²) in [6.45, 7) is 3.99. The van der Waals surface area contributed by atoms with E-state index in [4.69, 9.17) is 0 Å². The molecule has 1 fully saturated rings. The molecule has 0 spiro atoms. The normalized spacial score (nSPS) is 15.8. The minimum atomic E-state index is -2.17. The third-order valence-electron chi connectivity index (χ3n) is 5.26. The summed E-state index contributed by atoms with van der Waals surface area (Å²) in [4.78, 5) is 23.9. The van der Waals surface area contributed by atoms with Crippen molar-refractivity contribution in [3.8, 4) is 0 Å². The minimum absolute atomic E-state index is 0.343. The number of nitrogens with zero attached hydrogens (tertiary/aromatic N) is 3. The molecule has 10 heteroatoms. The van der Waals surface area contributed by atoms with Gasteiger partial charge in [0.2, 0.25) is 0 Å². The quantitative estimate of drug-likeness (QED) is 0.446. The first-order valence-corrected chi connectivity index (χ1v) is 12.4. The molecule has 2 unspecified atom stereocenters. The molecule has 4 rings (SSSR count). The molecule has 1 aromatic carbocycles. The Morgan fingerprint density at radius 1 is 1.16 bits per heavy atom. The highest BCUT2D eigenvalue weighted by Crippen LogP contribution is 2.33. The molecule has 8 nitrogen and oxygen atoms in total. The molecule has 1 aliphatic rings. The van der Waals surface area contributed by atoms with Gasteiger partial charge in [0, 0.05) is 25.5 Å². The Labute approximate surface area is 193 Å². The summed E-state index contributed by atoms with van der Waals surface area (Å²) in [5.74, 6) is 0. The van der Waals surface area contributed by atoms with Crippen molar-refractivity contribution in [2.45, 2.75) is 31.4 Å². The smallest absolute Gasteiger partial charge is 0.325 e. The number of amides is 2. The molecule has 168 valence electrons. The summed E-state index contributed by atoms with van der Waals surface area (Å²) in [6, 6.07) is 10.8. The number of hydrogen-bond acceptors (Lipinski definition) is 6. The number of aryl methyl sites for hydroxylation is 1. The Kier molecular flexibility index (Phi) is 7.13. The fourth-order valence-corrected chi connectivity index (χ4v) is 5.54. The SMILES string of the molecule is Cc1ccc(NC(=O)Nc2ncc(C(c3ccccn3)S(=O)O)s2)c(N2CCCCC2)c1. The lowest BCUT2D eigenvalue weighted by molar-refractivity contribution is 0.262. The van der Waals surface area contributed by atoms with Gasteiger partial charge >= 0.3 is 6.03 Å². The van der Waals surface area contributed by atoms with Crippen LogP contribution in [-0.4, -0.2) is 37.9 Å². The molecule has 2 amide bonds. The summed E-state index contributed by atoms with van der Waals surface area (Å²) < 4.78 is 21.7. The number of carbonyl (C=O) groups excluding carboxylic acids is 1. The second kappa shape index (κ2) is 10.2. The molecule has 3 N–H and O–H groups in total. The molecule has 32 heavy (non-hydrogen) atoms. The van der Waals surface area contributed by atoms with Gasteiger partial charge in [-0.25, -0.2) is 14.0 Å². The predicted octanol–water partition coefficient (Wildman–Crippen LogP) is 4.79. The van der Waals surface area contributed by atoms with Gasteiger partial charge in [0.1, 0.15) is 5.25 Å². The summed E-state index contributed by atoms with van der Waals surface area (Å²) in [7, 11) is 0. The molecule has 0 saturated carbocycles. The van der Waals surface area contributed by atoms with Crippen molar-refractivity contribution >= 4 is 45.0 Å². The molecule has 2 atom stereocenters. The highest BCUT2D eigenvalue weighted by molar-refractivity contribution is 7.79. The van der Waals surface area contributed by atoms with Gasteiger partial charge in [0.05, 0.1) is 21.9 Å². The molecule has 0 radical (unpaired) electrons. The van der Waals surface area contributed by atoms with Crippen molar-refractivity contribution in [2.24, 2.45) is 0 Å². The van der Waals surface area contributed by atoms with Crippen LogP contribution in [0.4, 0.5) is 21.3 Å². The number of rotatable bonds is 6. The number of carbonyl (C=O) groups is 1. The predicted molar refractivity (Wildman–Crippen MR) is 129 cm³/mol. The molecule has 3 heterocycles. The lowest BCUT2D eigenvalue weighted by atomic mass is 10.1. The molecule has 2 aromatic heterocycles. The van der Waals surface area contributed by atoms with Crippen LogP contribution in [0, 0.1) is 6.92 Å². The van der Waals surface area contributed by atoms with Crippen molar-refractivity contribution in [3.63, 3.8) is 0 Å². The zero-order valence-electron chi connectivity index (χ0n) is 17.7. The molecular weight excluding hydrogens is 446 g/mol. The Hall–Kier alpha value is -2.82.